The molecule has 0 aromatic heterocycles. The van der Waals surface area contributed by atoms with Gasteiger partial charge >= 0.3 is 5.97 Å². The zero-order valence-corrected chi connectivity index (χ0v) is 10.9. The average Bonchev–Trinajstić information content (AvgIpc) is 2.26. The van der Waals surface area contributed by atoms with Crippen LogP contribution in [0, 0.1) is 0 Å². The Morgan fingerprint density at radius 1 is 1.53 bits per heavy atom. The number of hydrogen-bond donors (Lipinski definition) is 1. The fraction of sp³-hybridized carbons (Fsp3) is 0.667. The highest BCUT2D eigenvalue weighted by Gasteiger charge is 2.36. The minimum Gasteiger partial charge on any atom is -0.480 e. The number of carboxylic acid groups (broad SMARTS) is 1. The summed E-state index contributed by atoms with van der Waals surface area (Å²) in [6, 6.07) is 0. The second-order valence-electron chi connectivity index (χ2n) is 4.35. The molecule has 0 bridgehead atoms. The number of rotatable bonds is 7. The molecular formula is C12H21NO4. The molecule has 0 heterocycles. The van der Waals surface area contributed by atoms with Gasteiger partial charge in [-0.3, -0.25) is 4.79 Å². The van der Waals surface area contributed by atoms with Gasteiger partial charge in [0.05, 0.1) is 6.61 Å². The lowest BCUT2D eigenvalue weighted by Crippen LogP contribution is -2.53. The molecule has 0 spiro atoms. The van der Waals surface area contributed by atoms with Crippen molar-refractivity contribution in [3.8, 4) is 0 Å². The summed E-state index contributed by atoms with van der Waals surface area (Å²) >= 11 is 0. The van der Waals surface area contributed by atoms with Gasteiger partial charge in [-0.05, 0) is 27.2 Å². The number of ether oxygens (including phenoxy) is 1. The Morgan fingerprint density at radius 3 is 2.47 bits per heavy atom. The van der Waals surface area contributed by atoms with Crippen LogP contribution in [0.4, 0.5) is 0 Å². The first-order chi connectivity index (χ1) is 7.75. The van der Waals surface area contributed by atoms with Gasteiger partial charge in [0.1, 0.15) is 11.6 Å². The van der Waals surface area contributed by atoms with E-state index in [2.05, 4.69) is 6.58 Å². The van der Waals surface area contributed by atoms with Crippen molar-refractivity contribution < 1.29 is 19.4 Å². The third kappa shape index (κ3) is 4.19. The Labute approximate surface area is 102 Å². The average molecular weight is 243 g/mol. The van der Waals surface area contributed by atoms with Gasteiger partial charge in [-0.25, -0.2) is 4.79 Å². The fourth-order valence-electron chi connectivity index (χ4n) is 1.09. The highest BCUT2D eigenvalue weighted by atomic mass is 16.5. The van der Waals surface area contributed by atoms with E-state index in [1.54, 1.807) is 13.0 Å². The van der Waals surface area contributed by atoms with Crippen LogP contribution in [0.25, 0.3) is 0 Å². The molecule has 5 nitrogen and oxygen atoms in total. The molecule has 0 saturated carbocycles. The Morgan fingerprint density at radius 2 is 2.06 bits per heavy atom. The maximum atomic E-state index is 11.9. The predicted molar refractivity (Wildman–Crippen MR) is 64.7 cm³/mol. The first kappa shape index (κ1) is 15.6. The summed E-state index contributed by atoms with van der Waals surface area (Å²) in [7, 11) is 1.46. The van der Waals surface area contributed by atoms with Crippen LogP contribution in [-0.2, 0) is 14.3 Å². The monoisotopic (exact) mass is 243 g/mol. The van der Waals surface area contributed by atoms with Crippen molar-refractivity contribution in [2.75, 3.05) is 13.7 Å². The van der Waals surface area contributed by atoms with E-state index < -0.39 is 17.6 Å². The second-order valence-corrected chi connectivity index (χ2v) is 4.35. The van der Waals surface area contributed by atoms with Crippen LogP contribution in [0.15, 0.2) is 12.7 Å². The van der Waals surface area contributed by atoms with Gasteiger partial charge in [-0.2, -0.15) is 0 Å². The van der Waals surface area contributed by atoms with Crippen molar-refractivity contribution in [3.63, 3.8) is 0 Å². The van der Waals surface area contributed by atoms with Gasteiger partial charge in [0, 0.05) is 7.05 Å². The highest BCUT2D eigenvalue weighted by Crippen LogP contribution is 2.14. The van der Waals surface area contributed by atoms with Crippen LogP contribution in [0.5, 0.6) is 0 Å². The number of likely N-dealkylation sites (N-methyl/N-ethyl adjacent to an activating group) is 1. The molecule has 17 heavy (non-hydrogen) atoms. The zero-order valence-electron chi connectivity index (χ0n) is 10.9. The molecule has 0 aliphatic rings. The van der Waals surface area contributed by atoms with E-state index >= 15 is 0 Å². The molecule has 0 rings (SSSR count). The van der Waals surface area contributed by atoms with Crippen molar-refractivity contribution in [1.29, 1.82) is 0 Å². The van der Waals surface area contributed by atoms with E-state index in [0.717, 1.165) is 0 Å². The smallest absolute Gasteiger partial charge is 0.329 e. The molecule has 5 heteroatoms. The maximum absolute atomic E-state index is 11.9. The standard InChI is InChI=1S/C12H21NO4/c1-6-7-8-17-9(2)10(14)13(5)12(3,4)11(15)16/h6,9H,1,7-8H2,2-5H3,(H,15,16). The normalized spacial score (nSPS) is 12.9. The largest absolute Gasteiger partial charge is 0.480 e. The number of carboxylic acids is 1. The molecule has 0 saturated heterocycles. The summed E-state index contributed by atoms with van der Waals surface area (Å²) in [5.41, 5.74) is -1.24. The molecule has 0 radical (unpaired) electrons. The molecule has 98 valence electrons. The van der Waals surface area contributed by atoms with Crippen molar-refractivity contribution in [2.45, 2.75) is 38.8 Å². The molecule has 0 aromatic carbocycles. The second kappa shape index (κ2) is 6.39. The number of carbonyl (C=O) groups is 2. The lowest BCUT2D eigenvalue weighted by Gasteiger charge is -2.33. The number of aliphatic carboxylic acids is 1. The summed E-state index contributed by atoms with van der Waals surface area (Å²) in [5, 5.41) is 9.01. The van der Waals surface area contributed by atoms with Crippen LogP contribution in [0.3, 0.4) is 0 Å². The molecule has 0 aromatic rings. The Bertz CT molecular complexity index is 299. The van der Waals surface area contributed by atoms with Crippen LogP contribution in [0.2, 0.25) is 0 Å². The van der Waals surface area contributed by atoms with E-state index in [-0.39, 0.29) is 5.91 Å². The summed E-state index contributed by atoms with van der Waals surface area (Å²) in [4.78, 5) is 24.1. The highest BCUT2D eigenvalue weighted by molar-refractivity contribution is 5.88. The van der Waals surface area contributed by atoms with Gasteiger partial charge in [-0.15, -0.1) is 6.58 Å². The van der Waals surface area contributed by atoms with Gasteiger partial charge < -0.3 is 14.7 Å². The summed E-state index contributed by atoms with van der Waals surface area (Å²) in [6.07, 6.45) is 1.70. The first-order valence-electron chi connectivity index (χ1n) is 5.48. The summed E-state index contributed by atoms with van der Waals surface area (Å²) in [6.45, 7) is 8.51. The minimum absolute atomic E-state index is 0.346. The third-order valence-electron chi connectivity index (χ3n) is 2.73. The summed E-state index contributed by atoms with van der Waals surface area (Å²) < 4.78 is 5.28. The Balaban J connectivity index is 4.48. The van der Waals surface area contributed by atoms with Crippen molar-refractivity contribution >= 4 is 11.9 Å². The van der Waals surface area contributed by atoms with Crippen molar-refractivity contribution in [3.05, 3.63) is 12.7 Å². The zero-order chi connectivity index (χ0) is 13.6. The number of hydrogen-bond acceptors (Lipinski definition) is 3. The minimum atomic E-state index is -1.24. The third-order valence-corrected chi connectivity index (χ3v) is 2.73. The van der Waals surface area contributed by atoms with Crippen molar-refractivity contribution in [2.24, 2.45) is 0 Å². The van der Waals surface area contributed by atoms with Crippen LogP contribution in [0.1, 0.15) is 27.2 Å². The molecule has 0 fully saturated rings. The summed E-state index contributed by atoms with van der Waals surface area (Å²) in [5.74, 6) is -1.40. The lowest BCUT2D eigenvalue weighted by molar-refractivity contribution is -0.160. The topological polar surface area (TPSA) is 66.8 Å². The molecule has 1 amide bonds. The predicted octanol–water partition coefficient (Wildman–Crippen LogP) is 1.29. The maximum Gasteiger partial charge on any atom is 0.329 e. The van der Waals surface area contributed by atoms with Gasteiger partial charge in [-0.1, -0.05) is 6.08 Å². The Hall–Kier alpha value is -1.36. The van der Waals surface area contributed by atoms with Crippen LogP contribution >= 0.6 is 0 Å². The molecule has 1 atom stereocenters. The first-order valence-corrected chi connectivity index (χ1v) is 5.48. The fourth-order valence-corrected chi connectivity index (χ4v) is 1.09. The molecular weight excluding hydrogens is 222 g/mol. The van der Waals surface area contributed by atoms with E-state index in [0.29, 0.717) is 13.0 Å². The lowest BCUT2D eigenvalue weighted by atomic mass is 10.0. The molecule has 0 aliphatic carbocycles. The Kier molecular flexibility index (Phi) is 5.88. The van der Waals surface area contributed by atoms with E-state index in [4.69, 9.17) is 9.84 Å². The number of nitrogens with zero attached hydrogens (tertiary/aromatic N) is 1. The van der Waals surface area contributed by atoms with E-state index in [9.17, 15) is 9.59 Å². The van der Waals surface area contributed by atoms with E-state index in [1.807, 2.05) is 0 Å². The number of amides is 1. The SMILES string of the molecule is C=CCCOC(C)C(=O)N(C)C(C)(C)C(=O)O. The van der Waals surface area contributed by atoms with Crippen LogP contribution in [-0.4, -0.2) is 47.2 Å². The van der Waals surface area contributed by atoms with Gasteiger partial charge in [0.2, 0.25) is 0 Å². The van der Waals surface area contributed by atoms with Gasteiger partial charge in [0.15, 0.2) is 0 Å². The number of carbonyl (C=O) groups excluding carboxylic acids is 1. The quantitative estimate of drug-likeness (QED) is 0.540. The van der Waals surface area contributed by atoms with Gasteiger partial charge in [0.25, 0.3) is 5.91 Å². The molecule has 0 aliphatic heterocycles. The van der Waals surface area contributed by atoms with Crippen molar-refractivity contribution in [1.82, 2.24) is 4.90 Å². The van der Waals surface area contributed by atoms with Crippen LogP contribution < -0.4 is 0 Å². The van der Waals surface area contributed by atoms with E-state index in [1.165, 1.54) is 25.8 Å². The molecule has 1 N–H and O–H groups in total. The molecule has 1 unspecified atom stereocenters.